The minimum Gasteiger partial charge on any atom is -0.443 e. The van der Waals surface area contributed by atoms with Crippen molar-refractivity contribution >= 4 is 29.4 Å². The maximum Gasteiger partial charge on any atom is 0.412 e. The lowest BCUT2D eigenvalue weighted by Crippen LogP contribution is -2.53. The van der Waals surface area contributed by atoms with Gasteiger partial charge in [-0.1, -0.05) is 80.6 Å². The number of ether oxygens (including phenoxy) is 1. The van der Waals surface area contributed by atoms with Crippen molar-refractivity contribution in [3.63, 3.8) is 0 Å². The second-order valence-electron chi connectivity index (χ2n) is 11.7. The number of hydrogen-bond acceptors (Lipinski definition) is 7. The van der Waals surface area contributed by atoms with E-state index in [4.69, 9.17) is 10.5 Å². The molecule has 2 unspecified atom stereocenters. The Morgan fingerprint density at radius 2 is 1.57 bits per heavy atom. The molecular weight excluding hydrogens is 636 g/mol. The van der Waals surface area contributed by atoms with Gasteiger partial charge in [-0.3, -0.25) is 34.0 Å². The fourth-order valence-corrected chi connectivity index (χ4v) is 5.41. The molecule has 0 radical (unpaired) electrons. The summed E-state index contributed by atoms with van der Waals surface area (Å²) in [6.45, 7) is 4.15. The Bertz CT molecular complexity index is 1860. The van der Waals surface area contributed by atoms with Gasteiger partial charge in [0, 0.05) is 12.2 Å². The molecule has 13 heteroatoms. The van der Waals surface area contributed by atoms with Crippen LogP contribution in [0.25, 0.3) is 11.3 Å². The zero-order chi connectivity index (χ0) is 35.7. The van der Waals surface area contributed by atoms with Gasteiger partial charge < -0.3 is 15.8 Å². The zero-order valence-corrected chi connectivity index (χ0v) is 27.2. The van der Waals surface area contributed by atoms with E-state index >= 15 is 8.78 Å². The van der Waals surface area contributed by atoms with Gasteiger partial charge in [0.05, 0.1) is 17.3 Å². The number of primary amides is 1. The number of halogens is 2. The highest BCUT2D eigenvalue weighted by molar-refractivity contribution is 6.09. The molecule has 4 aromatic rings. The first-order valence-electron chi connectivity index (χ1n) is 15.5. The number of aryl methyl sites for hydroxylation is 1. The van der Waals surface area contributed by atoms with Gasteiger partial charge in [0.1, 0.15) is 18.3 Å². The summed E-state index contributed by atoms with van der Waals surface area (Å²) in [5.41, 5.74) is 6.74. The van der Waals surface area contributed by atoms with Crippen LogP contribution in [0.2, 0.25) is 0 Å². The van der Waals surface area contributed by atoms with E-state index in [2.05, 4.69) is 15.6 Å². The van der Waals surface area contributed by atoms with Crippen molar-refractivity contribution in [1.29, 1.82) is 0 Å². The smallest absolute Gasteiger partial charge is 0.412 e. The first kappa shape index (κ1) is 36.1. The Hall–Kier alpha value is -5.72. The van der Waals surface area contributed by atoms with Crippen LogP contribution in [-0.2, 0) is 32.1 Å². The monoisotopic (exact) mass is 673 g/mol. The predicted octanol–water partition coefficient (Wildman–Crippen LogP) is 4.83. The number of carbonyl (C=O) groups excluding carboxylic acids is 4. The number of nitrogens with zero attached hydrogens (tertiary/aromatic N) is 2. The van der Waals surface area contributed by atoms with E-state index < -0.39 is 53.1 Å². The molecule has 4 N–H and O–H groups in total. The minimum absolute atomic E-state index is 0.0476. The third kappa shape index (κ3) is 8.80. The van der Waals surface area contributed by atoms with Crippen molar-refractivity contribution < 1.29 is 32.7 Å². The molecule has 4 rings (SSSR count). The molecule has 2 aromatic carbocycles. The van der Waals surface area contributed by atoms with Crippen LogP contribution in [-0.4, -0.2) is 45.7 Å². The third-order valence-electron chi connectivity index (χ3n) is 7.79. The first-order valence-corrected chi connectivity index (χ1v) is 15.5. The second-order valence-corrected chi connectivity index (χ2v) is 11.7. The number of aromatic nitrogens is 2. The lowest BCUT2D eigenvalue weighted by Gasteiger charge is -2.32. The van der Waals surface area contributed by atoms with Crippen molar-refractivity contribution in [2.75, 3.05) is 11.9 Å². The van der Waals surface area contributed by atoms with Crippen LogP contribution in [0.1, 0.15) is 36.8 Å². The van der Waals surface area contributed by atoms with E-state index in [0.717, 1.165) is 10.1 Å². The van der Waals surface area contributed by atoms with Gasteiger partial charge in [-0.25, -0.2) is 4.79 Å². The number of anilines is 1. The Kier molecular flexibility index (Phi) is 11.7. The van der Waals surface area contributed by atoms with Crippen molar-refractivity contribution in [2.45, 2.75) is 45.8 Å². The number of nitrogens with one attached hydrogen (secondary N) is 2. The van der Waals surface area contributed by atoms with Gasteiger partial charge in [-0.15, -0.1) is 0 Å². The topological polar surface area (TPSA) is 162 Å². The average Bonchev–Trinajstić information content (AvgIpc) is 3.07. The summed E-state index contributed by atoms with van der Waals surface area (Å²) >= 11 is 0. The molecule has 0 saturated carbocycles. The van der Waals surface area contributed by atoms with E-state index in [1.54, 1.807) is 85.8 Å². The fraction of sp³-hybridized carbons (Fsp3) is 0.278. The maximum atomic E-state index is 15.6. The summed E-state index contributed by atoms with van der Waals surface area (Å²) in [6.07, 6.45) is -0.807. The highest BCUT2D eigenvalue weighted by Crippen LogP contribution is 2.35. The second kappa shape index (κ2) is 15.9. The summed E-state index contributed by atoms with van der Waals surface area (Å²) < 4.78 is 37.3. The van der Waals surface area contributed by atoms with Crippen molar-refractivity contribution in [3.05, 3.63) is 118 Å². The number of ketones is 1. The van der Waals surface area contributed by atoms with E-state index in [1.165, 1.54) is 26.0 Å². The quantitative estimate of drug-likeness (QED) is 0.162. The van der Waals surface area contributed by atoms with Gasteiger partial charge in [0.2, 0.25) is 11.7 Å². The molecule has 49 heavy (non-hydrogen) atoms. The van der Waals surface area contributed by atoms with E-state index in [-0.39, 0.29) is 31.0 Å². The summed E-state index contributed by atoms with van der Waals surface area (Å²) in [6, 6.07) is 22.8. The standard InChI is InChI=1S/C36H37F2N5O6/c1-22(2)29(31(44)36(37,38)34(47)40-20-19-24-12-6-4-7-13-24)30(32(39)45)43-28(25-14-8-5-9-15-25)18-17-27(33(43)46)42-35(48)49-21-26-16-10-11-23(3)41-26/h4-18,22,29-30H,19-21H2,1-3H3,(H2,39,45)(H,40,47)(H,42,48). The normalized spacial score (nSPS) is 12.5. The summed E-state index contributed by atoms with van der Waals surface area (Å²) in [7, 11) is 0. The molecule has 0 fully saturated rings. The number of carbonyl (C=O) groups is 4. The van der Waals surface area contributed by atoms with Gasteiger partial charge in [0.15, 0.2) is 0 Å². The summed E-state index contributed by atoms with van der Waals surface area (Å²) in [5.74, 6) is -12.6. The molecule has 0 aliphatic rings. The lowest BCUT2D eigenvalue weighted by atomic mass is 9.81. The van der Waals surface area contributed by atoms with Crippen molar-refractivity contribution in [1.82, 2.24) is 14.9 Å². The van der Waals surface area contributed by atoms with Gasteiger partial charge >= 0.3 is 12.0 Å². The molecule has 3 amide bonds. The Balaban J connectivity index is 1.69. The van der Waals surface area contributed by atoms with Gasteiger partial charge in [0.25, 0.3) is 11.5 Å². The average molecular weight is 674 g/mol. The summed E-state index contributed by atoms with van der Waals surface area (Å²) in [5, 5.41) is 4.42. The predicted molar refractivity (Wildman–Crippen MR) is 179 cm³/mol. The molecule has 0 spiro atoms. The molecular formula is C36H37F2N5O6. The van der Waals surface area contributed by atoms with Crippen LogP contribution in [0.3, 0.4) is 0 Å². The SMILES string of the molecule is Cc1cccc(COC(=O)Nc2ccc(-c3ccccc3)n(C(C(N)=O)C(C(=O)C(F)(F)C(=O)NCCc3ccccc3)C(C)C)c2=O)n1. The highest BCUT2D eigenvalue weighted by Gasteiger charge is 2.54. The van der Waals surface area contributed by atoms with Crippen LogP contribution in [0.4, 0.5) is 19.3 Å². The van der Waals surface area contributed by atoms with Crippen molar-refractivity contribution in [2.24, 2.45) is 17.6 Å². The minimum atomic E-state index is -4.58. The van der Waals surface area contributed by atoms with Gasteiger partial charge in [-0.2, -0.15) is 8.78 Å². The van der Waals surface area contributed by atoms with Crippen LogP contribution in [0.5, 0.6) is 0 Å². The molecule has 2 aromatic heterocycles. The molecule has 0 bridgehead atoms. The van der Waals surface area contributed by atoms with Crippen LogP contribution in [0, 0.1) is 18.8 Å². The van der Waals surface area contributed by atoms with Crippen LogP contribution < -0.4 is 21.9 Å². The lowest BCUT2D eigenvalue weighted by molar-refractivity contribution is -0.164. The number of rotatable bonds is 14. The number of alkyl halides is 2. The van der Waals surface area contributed by atoms with E-state index in [9.17, 15) is 24.0 Å². The highest BCUT2D eigenvalue weighted by atomic mass is 19.3. The molecule has 256 valence electrons. The van der Waals surface area contributed by atoms with Gasteiger partial charge in [-0.05, 0) is 54.7 Å². The number of amides is 3. The Labute approximate surface area is 281 Å². The molecule has 11 nitrogen and oxygen atoms in total. The first-order chi connectivity index (χ1) is 23.3. The summed E-state index contributed by atoms with van der Waals surface area (Å²) in [4.78, 5) is 70.6. The number of Topliss-reactive ketones (excluding diaryl/α,β-unsaturated/α-hetero) is 1. The molecule has 0 saturated heterocycles. The zero-order valence-electron chi connectivity index (χ0n) is 27.2. The largest absolute Gasteiger partial charge is 0.443 e. The number of nitrogens with two attached hydrogens (primary N) is 1. The molecule has 0 aliphatic carbocycles. The molecule has 0 aliphatic heterocycles. The Morgan fingerprint density at radius 3 is 2.18 bits per heavy atom. The number of pyridine rings is 2. The van der Waals surface area contributed by atoms with E-state index in [0.29, 0.717) is 17.0 Å². The van der Waals surface area contributed by atoms with Crippen LogP contribution in [0.15, 0.2) is 95.8 Å². The Morgan fingerprint density at radius 1 is 0.918 bits per heavy atom. The molecule has 2 atom stereocenters. The third-order valence-corrected chi connectivity index (χ3v) is 7.79. The maximum absolute atomic E-state index is 15.6. The van der Waals surface area contributed by atoms with E-state index in [1.807, 2.05) is 0 Å². The number of benzene rings is 2. The van der Waals surface area contributed by atoms with Crippen LogP contribution >= 0.6 is 0 Å². The fourth-order valence-electron chi connectivity index (χ4n) is 5.41. The molecule has 2 heterocycles. The number of hydrogen-bond donors (Lipinski definition) is 3. The van der Waals surface area contributed by atoms with Crippen molar-refractivity contribution in [3.8, 4) is 11.3 Å².